The van der Waals surface area contributed by atoms with Crippen LogP contribution in [0.15, 0.2) is 53.6 Å². The Bertz CT molecular complexity index is 1560. The number of amides is 2. The number of alkyl halides is 3. The van der Waals surface area contributed by atoms with Crippen molar-refractivity contribution in [3.05, 3.63) is 70.5 Å². The number of aromatic amines is 2. The molecular formula is C24H19F4N5O4. The number of benzene rings is 2. The molecule has 1 saturated heterocycles. The van der Waals surface area contributed by atoms with Crippen LogP contribution in [-0.2, 0) is 10.9 Å². The van der Waals surface area contributed by atoms with Crippen LogP contribution in [0.5, 0.6) is 5.75 Å². The van der Waals surface area contributed by atoms with Crippen LogP contribution < -0.4 is 20.9 Å². The zero-order valence-electron chi connectivity index (χ0n) is 19.1. The second kappa shape index (κ2) is 8.92. The molecule has 192 valence electrons. The van der Waals surface area contributed by atoms with E-state index in [0.29, 0.717) is 22.0 Å². The highest BCUT2D eigenvalue weighted by atomic mass is 19.4. The molecule has 4 aromatic rings. The van der Waals surface area contributed by atoms with Crippen molar-refractivity contribution in [2.24, 2.45) is 0 Å². The fourth-order valence-corrected chi connectivity index (χ4v) is 3.88. The molecule has 0 aliphatic carbocycles. The largest absolute Gasteiger partial charge is 0.482 e. The van der Waals surface area contributed by atoms with Gasteiger partial charge in [0.15, 0.2) is 5.60 Å². The number of hydrogen-bond donors (Lipinski definition) is 4. The number of carbonyl (C=O) groups excluding carboxylic acids is 1. The number of anilines is 2. The third-order valence-electron chi connectivity index (χ3n) is 5.74. The Balaban J connectivity index is 1.33. The van der Waals surface area contributed by atoms with Gasteiger partial charge in [-0.1, -0.05) is 6.07 Å². The predicted octanol–water partition coefficient (Wildman–Crippen LogP) is 4.89. The van der Waals surface area contributed by atoms with Gasteiger partial charge in [0.05, 0.1) is 41.6 Å². The highest BCUT2D eigenvalue weighted by molar-refractivity contribution is 6.00. The van der Waals surface area contributed by atoms with E-state index in [1.807, 2.05) is 0 Å². The van der Waals surface area contributed by atoms with Crippen molar-refractivity contribution < 1.29 is 31.8 Å². The number of carbonyl (C=O) groups is 1. The van der Waals surface area contributed by atoms with E-state index in [9.17, 15) is 27.2 Å². The van der Waals surface area contributed by atoms with Crippen molar-refractivity contribution in [3.63, 3.8) is 0 Å². The molecule has 37 heavy (non-hydrogen) atoms. The summed E-state index contributed by atoms with van der Waals surface area (Å²) in [5.74, 6) is -1.19. The van der Waals surface area contributed by atoms with Crippen molar-refractivity contribution >= 4 is 28.3 Å². The molecule has 5 rings (SSSR count). The van der Waals surface area contributed by atoms with Gasteiger partial charge >= 0.3 is 12.2 Å². The Morgan fingerprint density at radius 2 is 1.95 bits per heavy atom. The van der Waals surface area contributed by atoms with Gasteiger partial charge in [-0.2, -0.15) is 18.3 Å². The minimum absolute atomic E-state index is 0.159. The van der Waals surface area contributed by atoms with Crippen LogP contribution in [0.4, 0.5) is 33.7 Å². The Kier molecular flexibility index (Phi) is 5.86. The number of halogens is 4. The van der Waals surface area contributed by atoms with Gasteiger partial charge in [-0.05, 0) is 42.8 Å². The quantitative estimate of drug-likeness (QED) is 0.281. The Labute approximate surface area is 205 Å². The molecule has 0 radical (unpaired) electrons. The number of aromatic nitrogens is 3. The van der Waals surface area contributed by atoms with Gasteiger partial charge < -0.3 is 25.1 Å². The first-order valence-electron chi connectivity index (χ1n) is 10.9. The van der Waals surface area contributed by atoms with Crippen molar-refractivity contribution in [1.82, 2.24) is 15.2 Å². The maximum atomic E-state index is 14.8. The average molecular weight is 517 g/mol. The molecule has 0 saturated carbocycles. The normalized spacial score (nSPS) is 14.7. The van der Waals surface area contributed by atoms with E-state index >= 15 is 0 Å². The fourth-order valence-electron chi connectivity index (χ4n) is 3.88. The molecule has 2 aromatic carbocycles. The van der Waals surface area contributed by atoms with E-state index in [1.165, 1.54) is 30.6 Å². The Morgan fingerprint density at radius 3 is 2.62 bits per heavy atom. The van der Waals surface area contributed by atoms with Gasteiger partial charge in [0.1, 0.15) is 11.6 Å². The van der Waals surface area contributed by atoms with Crippen molar-refractivity contribution in [2.75, 3.05) is 23.8 Å². The predicted molar refractivity (Wildman–Crippen MR) is 126 cm³/mol. The maximum Gasteiger partial charge on any atom is 0.420 e. The molecule has 13 heteroatoms. The number of rotatable bonds is 5. The summed E-state index contributed by atoms with van der Waals surface area (Å²) in [5.41, 5.74) is -1.39. The molecule has 0 spiro atoms. The molecule has 4 N–H and O–H groups in total. The number of nitrogens with zero attached hydrogens (tertiary/aromatic N) is 1. The maximum absolute atomic E-state index is 14.8. The van der Waals surface area contributed by atoms with Gasteiger partial charge in [-0.25, -0.2) is 9.18 Å². The summed E-state index contributed by atoms with van der Waals surface area (Å²) in [6.45, 7) is 1.95. The first-order chi connectivity index (χ1) is 17.5. The SMILES string of the molecule is CC1(Oc2ccc(NC(=O)Nc3ccc(-c4c[nH]c(=O)c5cn[nH]c45)cc3F)cc2C(F)(F)F)COC1. The molecule has 1 aliphatic rings. The van der Waals surface area contributed by atoms with E-state index in [1.54, 1.807) is 6.92 Å². The molecule has 2 aromatic heterocycles. The summed E-state index contributed by atoms with van der Waals surface area (Å²) < 4.78 is 66.2. The molecule has 2 amide bonds. The number of nitrogens with one attached hydrogen (secondary N) is 4. The monoisotopic (exact) mass is 517 g/mol. The number of hydrogen-bond acceptors (Lipinski definition) is 5. The molecule has 1 aliphatic heterocycles. The molecule has 0 unspecified atom stereocenters. The van der Waals surface area contributed by atoms with Crippen molar-refractivity contribution in [1.29, 1.82) is 0 Å². The Hall–Kier alpha value is -4.39. The summed E-state index contributed by atoms with van der Waals surface area (Å²) in [7, 11) is 0. The fraction of sp³-hybridized carbons (Fsp3) is 0.208. The zero-order chi connectivity index (χ0) is 26.4. The van der Waals surface area contributed by atoms with Crippen LogP contribution in [0.25, 0.3) is 22.0 Å². The van der Waals surface area contributed by atoms with E-state index in [4.69, 9.17) is 9.47 Å². The molecule has 9 nitrogen and oxygen atoms in total. The van der Waals surface area contributed by atoms with Gasteiger partial charge in [0.2, 0.25) is 0 Å². The summed E-state index contributed by atoms with van der Waals surface area (Å²) >= 11 is 0. The summed E-state index contributed by atoms with van der Waals surface area (Å²) in [5, 5.41) is 11.4. The van der Waals surface area contributed by atoms with Crippen LogP contribution in [-0.4, -0.2) is 40.0 Å². The lowest BCUT2D eigenvalue weighted by atomic mass is 10.0. The first-order valence-corrected chi connectivity index (χ1v) is 10.9. The number of fused-ring (bicyclic) bond motifs is 1. The van der Waals surface area contributed by atoms with Gasteiger partial charge in [-0.3, -0.25) is 9.89 Å². The van der Waals surface area contributed by atoms with Crippen LogP contribution in [0, 0.1) is 5.82 Å². The van der Waals surface area contributed by atoms with E-state index in [2.05, 4.69) is 25.8 Å². The van der Waals surface area contributed by atoms with E-state index in [0.717, 1.165) is 18.2 Å². The highest BCUT2D eigenvalue weighted by Crippen LogP contribution is 2.40. The van der Waals surface area contributed by atoms with Crippen LogP contribution in [0.1, 0.15) is 12.5 Å². The van der Waals surface area contributed by atoms with Crippen LogP contribution >= 0.6 is 0 Å². The molecule has 1 fully saturated rings. The number of H-pyrrole nitrogens is 2. The number of urea groups is 1. The molecular weight excluding hydrogens is 498 g/mol. The van der Waals surface area contributed by atoms with Crippen LogP contribution in [0.3, 0.4) is 0 Å². The lowest BCUT2D eigenvalue weighted by Gasteiger charge is -2.38. The molecule has 0 bridgehead atoms. The summed E-state index contributed by atoms with van der Waals surface area (Å²) in [6, 6.07) is 6.08. The van der Waals surface area contributed by atoms with Crippen LogP contribution in [0.2, 0.25) is 0 Å². The zero-order valence-corrected chi connectivity index (χ0v) is 19.1. The summed E-state index contributed by atoms with van der Waals surface area (Å²) in [6.07, 6.45) is -1.99. The third-order valence-corrected chi connectivity index (χ3v) is 5.74. The standard InChI is InChI=1S/C24H19F4N5O4/c1-23(10-36-11-23)37-19-5-3-13(7-16(19)24(26,27)28)31-22(35)32-18-4-2-12(6-17(18)25)14-8-29-21(34)15-9-30-33-20(14)15/h2-9H,10-11H2,1H3,(H,29,34)(H,30,33)(H2,31,32,35). The van der Waals surface area contributed by atoms with E-state index < -0.39 is 29.2 Å². The minimum Gasteiger partial charge on any atom is -0.482 e. The lowest BCUT2D eigenvalue weighted by Crippen LogP contribution is -2.51. The lowest BCUT2D eigenvalue weighted by molar-refractivity contribution is -0.160. The average Bonchev–Trinajstić information content (AvgIpc) is 3.31. The van der Waals surface area contributed by atoms with Crippen molar-refractivity contribution in [2.45, 2.75) is 18.7 Å². The second-order valence-electron chi connectivity index (χ2n) is 8.72. The molecule has 0 atom stereocenters. The molecule has 3 heterocycles. The van der Waals surface area contributed by atoms with E-state index in [-0.39, 0.29) is 35.9 Å². The van der Waals surface area contributed by atoms with Gasteiger partial charge in [0, 0.05) is 17.4 Å². The van der Waals surface area contributed by atoms with Gasteiger partial charge in [-0.15, -0.1) is 0 Å². The second-order valence-corrected chi connectivity index (χ2v) is 8.72. The minimum atomic E-state index is -4.74. The smallest absolute Gasteiger partial charge is 0.420 e. The number of ether oxygens (including phenoxy) is 2. The number of pyridine rings is 1. The first kappa shape index (κ1) is 24.3. The van der Waals surface area contributed by atoms with Gasteiger partial charge in [0.25, 0.3) is 5.56 Å². The van der Waals surface area contributed by atoms with Crippen molar-refractivity contribution in [3.8, 4) is 16.9 Å². The third kappa shape index (κ3) is 4.85. The Morgan fingerprint density at radius 1 is 1.16 bits per heavy atom. The topological polar surface area (TPSA) is 121 Å². The summed E-state index contributed by atoms with van der Waals surface area (Å²) in [4.78, 5) is 26.8. The highest BCUT2D eigenvalue weighted by Gasteiger charge is 2.40.